The van der Waals surface area contributed by atoms with Gasteiger partial charge >= 0.3 is 6.18 Å². The molecule has 0 aliphatic carbocycles. The lowest BCUT2D eigenvalue weighted by Crippen LogP contribution is -2.10. The van der Waals surface area contributed by atoms with Gasteiger partial charge in [-0.2, -0.15) is 13.2 Å². The molecule has 5 nitrogen and oxygen atoms in total. The molecule has 1 aromatic heterocycles. The first-order valence-corrected chi connectivity index (χ1v) is 7.96. The Labute approximate surface area is 153 Å². The molecule has 0 saturated carbocycles. The van der Waals surface area contributed by atoms with Crippen LogP contribution in [0.1, 0.15) is 21.5 Å². The lowest BCUT2D eigenvalue weighted by atomic mass is 10.1. The van der Waals surface area contributed by atoms with Gasteiger partial charge in [-0.3, -0.25) is 4.79 Å². The van der Waals surface area contributed by atoms with Crippen molar-refractivity contribution in [3.8, 4) is 11.3 Å². The van der Waals surface area contributed by atoms with Crippen LogP contribution in [0.3, 0.4) is 0 Å². The van der Waals surface area contributed by atoms with Crippen LogP contribution in [0.4, 0.5) is 19.1 Å². The Morgan fingerprint density at radius 2 is 1.81 bits per heavy atom. The molecule has 0 atom stereocenters. The summed E-state index contributed by atoms with van der Waals surface area (Å²) in [5, 5.41) is 2.92. The highest BCUT2D eigenvalue weighted by Crippen LogP contribution is 2.29. The second-order valence-corrected chi connectivity index (χ2v) is 5.76. The molecule has 0 spiro atoms. The van der Waals surface area contributed by atoms with Crippen LogP contribution in [0.25, 0.3) is 11.3 Å². The zero-order valence-electron chi connectivity index (χ0n) is 14.0. The number of hydrogen-bond donors (Lipinski definition) is 2. The molecule has 3 N–H and O–H groups in total. The molecule has 1 amide bonds. The predicted molar refractivity (Wildman–Crippen MR) is 94.8 cm³/mol. The maximum absolute atomic E-state index is 12.8. The van der Waals surface area contributed by atoms with Gasteiger partial charge in [-0.25, -0.2) is 9.97 Å². The fourth-order valence-corrected chi connectivity index (χ4v) is 2.45. The topological polar surface area (TPSA) is 80.9 Å². The van der Waals surface area contributed by atoms with Crippen LogP contribution in [0.15, 0.2) is 60.8 Å². The molecule has 1 heterocycles. The molecule has 0 bridgehead atoms. The van der Waals surface area contributed by atoms with Gasteiger partial charge in [-0.15, -0.1) is 0 Å². The maximum Gasteiger partial charge on any atom is 0.416 e. The van der Waals surface area contributed by atoms with Crippen molar-refractivity contribution in [3.05, 3.63) is 77.5 Å². The number of aromatic nitrogens is 2. The number of carbonyl (C=O) groups is 1. The zero-order chi connectivity index (χ0) is 19.4. The Kier molecular flexibility index (Phi) is 5.07. The van der Waals surface area contributed by atoms with E-state index in [1.54, 1.807) is 42.6 Å². The summed E-state index contributed by atoms with van der Waals surface area (Å²) >= 11 is 0. The quantitative estimate of drug-likeness (QED) is 0.712. The Balaban J connectivity index is 1.74. The van der Waals surface area contributed by atoms with Crippen molar-refractivity contribution >= 4 is 11.9 Å². The molecule has 27 heavy (non-hydrogen) atoms. The fraction of sp³-hybridized carbons (Fsp3) is 0.105. The van der Waals surface area contributed by atoms with Crippen molar-refractivity contribution in [3.63, 3.8) is 0 Å². The van der Waals surface area contributed by atoms with E-state index in [9.17, 15) is 18.0 Å². The molecule has 3 aromatic rings. The monoisotopic (exact) mass is 372 g/mol. The van der Waals surface area contributed by atoms with Crippen LogP contribution in [0.2, 0.25) is 0 Å². The molecule has 0 aliphatic rings. The van der Waals surface area contributed by atoms with E-state index < -0.39 is 17.6 Å². The van der Waals surface area contributed by atoms with Gasteiger partial charge in [-0.05, 0) is 35.9 Å². The number of primary amides is 1. The van der Waals surface area contributed by atoms with Crippen molar-refractivity contribution in [1.29, 1.82) is 0 Å². The molecule has 138 valence electrons. The molecular formula is C19H15F3N4O. The van der Waals surface area contributed by atoms with E-state index in [0.717, 1.165) is 17.7 Å². The third-order valence-electron chi connectivity index (χ3n) is 3.83. The molecule has 0 saturated heterocycles. The number of benzene rings is 2. The largest absolute Gasteiger partial charge is 0.416 e. The number of nitrogens with zero attached hydrogens (tertiary/aromatic N) is 2. The van der Waals surface area contributed by atoms with E-state index in [2.05, 4.69) is 15.3 Å². The summed E-state index contributed by atoms with van der Waals surface area (Å²) in [6.45, 7) is 0.147. The number of alkyl halides is 3. The van der Waals surface area contributed by atoms with Gasteiger partial charge in [0.25, 0.3) is 0 Å². The number of nitrogens with one attached hydrogen (secondary N) is 1. The molecule has 8 heteroatoms. The van der Waals surface area contributed by atoms with Crippen LogP contribution in [-0.2, 0) is 12.7 Å². The molecule has 0 unspecified atom stereocenters. The molecular weight excluding hydrogens is 357 g/mol. The molecule has 0 radical (unpaired) electrons. The summed E-state index contributed by atoms with van der Waals surface area (Å²) in [7, 11) is 0. The minimum absolute atomic E-state index is 0.147. The van der Waals surface area contributed by atoms with Crippen molar-refractivity contribution in [1.82, 2.24) is 9.97 Å². The van der Waals surface area contributed by atoms with Gasteiger partial charge in [-0.1, -0.05) is 24.3 Å². The SMILES string of the molecule is NC(=O)c1ccc(-c2ccnc(NCc3cccc(C(F)(F)F)c3)n2)cc1. The summed E-state index contributed by atoms with van der Waals surface area (Å²) in [5.74, 6) is -0.239. The molecule has 2 aromatic carbocycles. The second kappa shape index (κ2) is 7.45. The van der Waals surface area contributed by atoms with Crippen molar-refractivity contribution in [2.75, 3.05) is 5.32 Å². The van der Waals surface area contributed by atoms with Crippen molar-refractivity contribution in [2.24, 2.45) is 5.73 Å². The first-order chi connectivity index (χ1) is 12.8. The van der Waals surface area contributed by atoms with E-state index in [1.807, 2.05) is 0 Å². The number of nitrogens with two attached hydrogens (primary N) is 1. The molecule has 0 aliphatic heterocycles. The van der Waals surface area contributed by atoms with Crippen LogP contribution < -0.4 is 11.1 Å². The molecule has 0 fully saturated rings. The fourth-order valence-electron chi connectivity index (χ4n) is 2.45. The van der Waals surface area contributed by atoms with Gasteiger partial charge in [0.1, 0.15) is 0 Å². The minimum atomic E-state index is -4.39. The maximum atomic E-state index is 12.8. The average molecular weight is 372 g/mol. The highest BCUT2D eigenvalue weighted by molar-refractivity contribution is 5.93. The van der Waals surface area contributed by atoms with Crippen molar-refractivity contribution in [2.45, 2.75) is 12.7 Å². The first kappa shape index (κ1) is 18.4. The summed E-state index contributed by atoms with van der Waals surface area (Å²) in [6, 6.07) is 13.3. The van der Waals surface area contributed by atoms with Crippen molar-refractivity contribution < 1.29 is 18.0 Å². The second-order valence-electron chi connectivity index (χ2n) is 5.76. The third kappa shape index (κ3) is 4.60. The van der Waals surface area contributed by atoms with Gasteiger partial charge in [0.15, 0.2) is 0 Å². The number of rotatable bonds is 5. The van der Waals surface area contributed by atoms with Gasteiger partial charge < -0.3 is 11.1 Å². The van der Waals surface area contributed by atoms with Gasteiger partial charge in [0.05, 0.1) is 11.3 Å². The first-order valence-electron chi connectivity index (χ1n) is 7.96. The van der Waals surface area contributed by atoms with E-state index >= 15 is 0 Å². The van der Waals surface area contributed by atoms with Crippen LogP contribution in [-0.4, -0.2) is 15.9 Å². The predicted octanol–water partition coefficient (Wildman–Crippen LogP) is 3.87. The van der Waals surface area contributed by atoms with Crippen LogP contribution >= 0.6 is 0 Å². The number of amides is 1. The Bertz CT molecular complexity index is 956. The average Bonchev–Trinajstić information content (AvgIpc) is 2.66. The number of hydrogen-bond acceptors (Lipinski definition) is 4. The third-order valence-corrected chi connectivity index (χ3v) is 3.83. The summed E-state index contributed by atoms with van der Waals surface area (Å²) < 4.78 is 38.3. The van der Waals surface area contributed by atoms with E-state index in [1.165, 1.54) is 6.07 Å². The lowest BCUT2D eigenvalue weighted by Gasteiger charge is -2.10. The lowest BCUT2D eigenvalue weighted by molar-refractivity contribution is -0.137. The van der Waals surface area contributed by atoms with Gasteiger partial charge in [0.2, 0.25) is 11.9 Å². The molecule has 3 rings (SSSR count). The highest BCUT2D eigenvalue weighted by Gasteiger charge is 2.30. The smallest absolute Gasteiger partial charge is 0.366 e. The summed E-state index contributed by atoms with van der Waals surface area (Å²) in [6.07, 6.45) is -2.84. The Hall–Kier alpha value is -3.42. The Morgan fingerprint density at radius 3 is 2.48 bits per heavy atom. The minimum Gasteiger partial charge on any atom is -0.366 e. The number of carbonyl (C=O) groups excluding carboxylic acids is 1. The van der Waals surface area contributed by atoms with Crippen LogP contribution in [0.5, 0.6) is 0 Å². The van der Waals surface area contributed by atoms with E-state index in [4.69, 9.17) is 5.73 Å². The zero-order valence-corrected chi connectivity index (χ0v) is 14.0. The normalized spacial score (nSPS) is 11.2. The summed E-state index contributed by atoms with van der Waals surface area (Å²) in [4.78, 5) is 19.5. The van der Waals surface area contributed by atoms with E-state index in [0.29, 0.717) is 16.8 Å². The van der Waals surface area contributed by atoms with E-state index in [-0.39, 0.29) is 12.5 Å². The Morgan fingerprint density at radius 1 is 1.07 bits per heavy atom. The number of anilines is 1. The summed E-state index contributed by atoms with van der Waals surface area (Å²) in [5.41, 5.74) is 6.72. The standard InChI is InChI=1S/C19H15F3N4O/c20-19(21,22)15-3-1-2-12(10-15)11-25-18-24-9-8-16(26-18)13-4-6-14(7-5-13)17(23)27/h1-10H,11H2,(H2,23,27)(H,24,25,26). The number of halogens is 3. The van der Waals surface area contributed by atoms with Gasteiger partial charge in [0, 0.05) is 23.9 Å². The van der Waals surface area contributed by atoms with Crippen LogP contribution in [0, 0.1) is 0 Å². The highest BCUT2D eigenvalue weighted by atomic mass is 19.4.